The van der Waals surface area contributed by atoms with E-state index in [-0.39, 0.29) is 6.79 Å². The number of hydrogen-bond donors (Lipinski definition) is 0. The van der Waals surface area contributed by atoms with Crippen LogP contribution in [0.5, 0.6) is 11.5 Å². The summed E-state index contributed by atoms with van der Waals surface area (Å²) in [6, 6.07) is 15.6. The molecule has 128 valence electrons. The maximum atomic E-state index is 11.7. The third kappa shape index (κ3) is 2.44. The summed E-state index contributed by atoms with van der Waals surface area (Å²) in [7, 11) is 0. The van der Waals surface area contributed by atoms with Crippen LogP contribution in [0.3, 0.4) is 0 Å². The molecular weight excluding hydrogens is 350 g/mol. The molecule has 0 aliphatic carbocycles. The summed E-state index contributed by atoms with van der Waals surface area (Å²) in [6.07, 6.45) is 1.51. The molecule has 2 aromatic carbocycles. The molecule has 0 amide bonds. The van der Waals surface area contributed by atoms with Gasteiger partial charge in [-0.2, -0.15) is 9.61 Å². The summed E-state index contributed by atoms with van der Waals surface area (Å²) >= 11 is 1.49. The zero-order valence-corrected chi connectivity index (χ0v) is 14.4. The molecule has 0 radical (unpaired) electrons. The predicted molar refractivity (Wildman–Crippen MR) is 97.1 cm³/mol. The summed E-state index contributed by atoms with van der Waals surface area (Å²) in [5.41, 5.74) is 3.02. The van der Waals surface area contributed by atoms with Gasteiger partial charge in [0.1, 0.15) is 16.4 Å². The van der Waals surface area contributed by atoms with Crippen molar-refractivity contribution in [2.45, 2.75) is 6.42 Å². The SMILES string of the molecule is O=Cc1c(-c2ccc3c(c2)OCO3)nc2sc(Cc3ccccc3)nn12. The molecule has 0 N–H and O–H groups in total. The topological polar surface area (TPSA) is 65.7 Å². The minimum Gasteiger partial charge on any atom is -0.454 e. The number of aromatic nitrogens is 3. The average molecular weight is 363 g/mol. The van der Waals surface area contributed by atoms with Crippen molar-refractivity contribution in [3.8, 4) is 22.8 Å². The highest BCUT2D eigenvalue weighted by molar-refractivity contribution is 7.16. The molecule has 5 rings (SSSR count). The lowest BCUT2D eigenvalue weighted by atomic mass is 10.1. The smallest absolute Gasteiger partial charge is 0.231 e. The monoisotopic (exact) mass is 363 g/mol. The number of ether oxygens (including phenoxy) is 2. The van der Waals surface area contributed by atoms with Gasteiger partial charge in [0.15, 0.2) is 17.8 Å². The number of nitrogens with zero attached hydrogens (tertiary/aromatic N) is 3. The van der Waals surface area contributed by atoms with Crippen molar-refractivity contribution in [1.29, 1.82) is 0 Å². The van der Waals surface area contributed by atoms with Crippen molar-refractivity contribution in [2.75, 3.05) is 6.79 Å². The molecule has 0 bridgehead atoms. The summed E-state index contributed by atoms with van der Waals surface area (Å²) in [5.74, 6) is 1.36. The average Bonchev–Trinajstić information content (AvgIpc) is 3.35. The summed E-state index contributed by atoms with van der Waals surface area (Å²) in [5, 5.41) is 5.50. The Bertz CT molecular complexity index is 1120. The molecule has 1 aliphatic heterocycles. The Morgan fingerprint density at radius 1 is 1.12 bits per heavy atom. The molecule has 6 nitrogen and oxygen atoms in total. The molecule has 26 heavy (non-hydrogen) atoms. The number of rotatable bonds is 4. The molecule has 3 heterocycles. The van der Waals surface area contributed by atoms with Gasteiger partial charge in [0.25, 0.3) is 0 Å². The number of fused-ring (bicyclic) bond motifs is 2. The van der Waals surface area contributed by atoms with Crippen molar-refractivity contribution >= 4 is 22.6 Å². The van der Waals surface area contributed by atoms with Crippen molar-refractivity contribution in [3.05, 3.63) is 64.8 Å². The highest BCUT2D eigenvalue weighted by Gasteiger charge is 2.20. The lowest BCUT2D eigenvalue weighted by molar-refractivity contribution is 0.111. The molecule has 4 aromatic rings. The van der Waals surface area contributed by atoms with Gasteiger partial charge in [-0.25, -0.2) is 4.98 Å². The van der Waals surface area contributed by atoms with E-state index in [2.05, 4.69) is 22.2 Å². The quantitative estimate of drug-likeness (QED) is 0.519. The first-order chi connectivity index (χ1) is 12.8. The van der Waals surface area contributed by atoms with Gasteiger partial charge in [-0.05, 0) is 23.8 Å². The first-order valence-corrected chi connectivity index (χ1v) is 8.91. The number of carbonyl (C=O) groups is 1. The zero-order valence-electron chi connectivity index (χ0n) is 13.6. The van der Waals surface area contributed by atoms with E-state index in [9.17, 15) is 4.79 Å². The van der Waals surface area contributed by atoms with Gasteiger partial charge in [0, 0.05) is 12.0 Å². The van der Waals surface area contributed by atoms with E-state index in [0.717, 1.165) is 16.9 Å². The lowest BCUT2D eigenvalue weighted by Crippen LogP contribution is -1.96. The van der Waals surface area contributed by atoms with Crippen LogP contribution in [0, 0.1) is 0 Å². The van der Waals surface area contributed by atoms with Gasteiger partial charge >= 0.3 is 0 Å². The molecule has 0 saturated carbocycles. The highest BCUT2D eigenvalue weighted by atomic mass is 32.1. The normalized spacial score (nSPS) is 12.6. The second kappa shape index (κ2) is 5.96. The fraction of sp³-hybridized carbons (Fsp3) is 0.105. The van der Waals surface area contributed by atoms with Gasteiger partial charge in [0.2, 0.25) is 11.8 Å². The summed E-state index contributed by atoms with van der Waals surface area (Å²) in [6.45, 7) is 0.210. The van der Waals surface area contributed by atoms with Crippen molar-refractivity contribution < 1.29 is 14.3 Å². The highest BCUT2D eigenvalue weighted by Crippen LogP contribution is 2.37. The lowest BCUT2D eigenvalue weighted by Gasteiger charge is -2.01. The van der Waals surface area contributed by atoms with Gasteiger partial charge in [-0.3, -0.25) is 4.79 Å². The van der Waals surface area contributed by atoms with E-state index in [1.165, 1.54) is 16.9 Å². The maximum absolute atomic E-state index is 11.7. The Balaban J connectivity index is 1.55. The van der Waals surface area contributed by atoms with E-state index in [1.807, 2.05) is 36.4 Å². The molecule has 0 unspecified atom stereocenters. The van der Waals surface area contributed by atoms with Gasteiger partial charge in [0.05, 0.1) is 0 Å². The number of aldehydes is 1. The Morgan fingerprint density at radius 2 is 1.96 bits per heavy atom. The fourth-order valence-electron chi connectivity index (χ4n) is 3.01. The van der Waals surface area contributed by atoms with Crippen molar-refractivity contribution in [2.24, 2.45) is 0 Å². The van der Waals surface area contributed by atoms with Crippen LogP contribution in [-0.2, 0) is 6.42 Å². The number of carbonyl (C=O) groups excluding carboxylic acids is 1. The zero-order chi connectivity index (χ0) is 17.5. The fourth-order valence-corrected chi connectivity index (χ4v) is 3.94. The molecular formula is C19H13N3O3S. The van der Waals surface area contributed by atoms with Crippen LogP contribution in [0.2, 0.25) is 0 Å². The molecule has 0 spiro atoms. The Kier molecular flexibility index (Phi) is 3.46. The summed E-state index contributed by atoms with van der Waals surface area (Å²) in [4.78, 5) is 17.1. The van der Waals surface area contributed by atoms with E-state index in [4.69, 9.17) is 9.47 Å². The first-order valence-electron chi connectivity index (χ1n) is 8.09. The van der Waals surface area contributed by atoms with E-state index < -0.39 is 0 Å². The largest absolute Gasteiger partial charge is 0.454 e. The van der Waals surface area contributed by atoms with Gasteiger partial charge in [-0.15, -0.1) is 0 Å². The van der Waals surface area contributed by atoms with Crippen LogP contribution in [0.25, 0.3) is 16.2 Å². The maximum Gasteiger partial charge on any atom is 0.231 e. The molecule has 0 atom stereocenters. The van der Waals surface area contributed by atoms with Gasteiger partial charge in [-0.1, -0.05) is 41.7 Å². The Morgan fingerprint density at radius 3 is 2.81 bits per heavy atom. The van der Waals surface area contributed by atoms with E-state index in [1.54, 1.807) is 4.52 Å². The Hall–Kier alpha value is -3.19. The van der Waals surface area contributed by atoms with E-state index in [0.29, 0.717) is 34.3 Å². The second-order valence-corrected chi connectivity index (χ2v) is 6.92. The third-order valence-corrected chi connectivity index (χ3v) is 5.14. The first kappa shape index (κ1) is 15.1. The number of hydrogen-bond acceptors (Lipinski definition) is 6. The third-order valence-electron chi connectivity index (χ3n) is 4.24. The number of imidazole rings is 1. The van der Waals surface area contributed by atoms with Crippen LogP contribution in [-0.4, -0.2) is 27.7 Å². The van der Waals surface area contributed by atoms with Crippen LogP contribution >= 0.6 is 11.3 Å². The predicted octanol–water partition coefficient (Wildman–Crippen LogP) is 3.59. The molecule has 1 aliphatic rings. The van der Waals surface area contributed by atoms with Crippen molar-refractivity contribution in [3.63, 3.8) is 0 Å². The number of benzene rings is 2. The van der Waals surface area contributed by atoms with Crippen LogP contribution in [0.1, 0.15) is 21.1 Å². The van der Waals surface area contributed by atoms with Crippen LogP contribution < -0.4 is 9.47 Å². The van der Waals surface area contributed by atoms with Crippen LogP contribution in [0.15, 0.2) is 48.5 Å². The summed E-state index contributed by atoms with van der Waals surface area (Å²) < 4.78 is 12.4. The molecule has 7 heteroatoms. The van der Waals surface area contributed by atoms with Crippen LogP contribution in [0.4, 0.5) is 0 Å². The van der Waals surface area contributed by atoms with Gasteiger partial charge < -0.3 is 9.47 Å². The molecule has 0 saturated heterocycles. The standard InChI is InChI=1S/C19H13N3O3S/c23-10-14-18(13-6-7-15-16(9-13)25-11-24-15)20-19-22(14)21-17(26-19)8-12-4-2-1-3-5-12/h1-7,9-10H,8,11H2. The second-order valence-electron chi connectivity index (χ2n) is 5.88. The molecule has 0 fully saturated rings. The minimum atomic E-state index is 0.210. The minimum absolute atomic E-state index is 0.210. The van der Waals surface area contributed by atoms with E-state index >= 15 is 0 Å². The Labute approximate surface area is 152 Å². The van der Waals surface area contributed by atoms with Crippen molar-refractivity contribution in [1.82, 2.24) is 14.6 Å². The molecule has 2 aromatic heterocycles.